The molecule has 0 fully saturated rings. The molecule has 0 amide bonds. The van der Waals surface area contributed by atoms with Gasteiger partial charge >= 0.3 is 0 Å². The third-order valence-corrected chi connectivity index (χ3v) is 1.65. The molecule has 0 bridgehead atoms. The standard InChI is InChI=1S/C8H15N2O.HI/c1-9-5-6-10(8-9)4-2-3-7-11;/h5-6,8,11H,2-4,7H2,1H3;1H/q+1;/p-1. The number of unbranched alkanes of at least 4 members (excludes halogenated alkanes) is 1. The predicted octanol–water partition coefficient (Wildman–Crippen LogP) is -2.91. The molecule has 1 rings (SSSR count). The van der Waals surface area contributed by atoms with Crippen molar-refractivity contribution in [2.24, 2.45) is 7.05 Å². The van der Waals surface area contributed by atoms with Gasteiger partial charge in [-0.1, -0.05) is 0 Å². The summed E-state index contributed by atoms with van der Waals surface area (Å²) in [5.41, 5.74) is 0. The molecule has 1 aromatic rings. The van der Waals surface area contributed by atoms with E-state index in [0.29, 0.717) is 6.61 Å². The number of hydrogen-bond donors (Lipinski definition) is 1. The Bertz CT molecular complexity index is 213. The van der Waals surface area contributed by atoms with Crippen molar-refractivity contribution in [2.75, 3.05) is 6.61 Å². The van der Waals surface area contributed by atoms with Crippen molar-refractivity contribution in [1.82, 2.24) is 4.57 Å². The highest BCUT2D eigenvalue weighted by atomic mass is 127. The van der Waals surface area contributed by atoms with E-state index in [0.717, 1.165) is 19.4 Å². The molecule has 4 heteroatoms. The van der Waals surface area contributed by atoms with Crippen molar-refractivity contribution >= 4 is 0 Å². The maximum absolute atomic E-state index is 8.54. The van der Waals surface area contributed by atoms with Gasteiger partial charge in [-0.2, -0.15) is 0 Å². The molecule has 0 aliphatic heterocycles. The lowest BCUT2D eigenvalue weighted by Gasteiger charge is -1.93. The van der Waals surface area contributed by atoms with Gasteiger partial charge in [-0.15, -0.1) is 0 Å². The van der Waals surface area contributed by atoms with E-state index in [1.54, 1.807) is 0 Å². The number of nitrogens with zero attached hydrogens (tertiary/aromatic N) is 2. The summed E-state index contributed by atoms with van der Waals surface area (Å²) in [7, 11) is 2.00. The normalized spacial score (nSPS) is 9.50. The Balaban J connectivity index is 0.00000121. The van der Waals surface area contributed by atoms with Crippen molar-refractivity contribution in [1.29, 1.82) is 0 Å². The van der Waals surface area contributed by atoms with Crippen LogP contribution in [0.15, 0.2) is 18.7 Å². The average molecular weight is 282 g/mol. The van der Waals surface area contributed by atoms with Crippen LogP contribution in [0.3, 0.4) is 0 Å². The molecule has 0 saturated heterocycles. The van der Waals surface area contributed by atoms with Crippen LogP contribution in [-0.2, 0) is 13.6 Å². The van der Waals surface area contributed by atoms with Crippen LogP contribution in [0.1, 0.15) is 12.8 Å². The van der Waals surface area contributed by atoms with E-state index >= 15 is 0 Å². The number of hydrogen-bond acceptors (Lipinski definition) is 1. The third-order valence-electron chi connectivity index (χ3n) is 1.65. The van der Waals surface area contributed by atoms with Crippen molar-refractivity contribution in [3.8, 4) is 0 Å². The molecule has 0 atom stereocenters. The quantitative estimate of drug-likeness (QED) is 0.358. The second-order valence-corrected chi connectivity index (χ2v) is 2.75. The number of rotatable bonds is 4. The van der Waals surface area contributed by atoms with Gasteiger partial charge in [0, 0.05) is 6.61 Å². The first-order valence-corrected chi connectivity index (χ1v) is 3.95. The summed E-state index contributed by atoms with van der Waals surface area (Å²) < 4.78 is 4.13. The summed E-state index contributed by atoms with van der Waals surface area (Å²) in [5.74, 6) is 0. The highest BCUT2D eigenvalue weighted by Crippen LogP contribution is 1.92. The van der Waals surface area contributed by atoms with Gasteiger partial charge in [0.2, 0.25) is 6.33 Å². The summed E-state index contributed by atoms with van der Waals surface area (Å²) in [6.07, 6.45) is 8.03. The summed E-state index contributed by atoms with van der Waals surface area (Å²) in [6.45, 7) is 1.30. The Morgan fingerprint density at radius 2 is 2.17 bits per heavy atom. The summed E-state index contributed by atoms with van der Waals surface area (Å²) in [5, 5.41) is 8.54. The molecule has 0 aliphatic carbocycles. The highest BCUT2D eigenvalue weighted by Gasteiger charge is 1.97. The Kier molecular flexibility index (Phi) is 6.37. The van der Waals surface area contributed by atoms with Crippen LogP contribution in [0.2, 0.25) is 0 Å². The number of aromatic nitrogens is 2. The zero-order chi connectivity index (χ0) is 8.10. The molecule has 0 aromatic carbocycles. The van der Waals surface area contributed by atoms with Crippen LogP contribution in [0, 0.1) is 0 Å². The Hall–Kier alpha value is -0.100. The number of aliphatic hydroxyl groups excluding tert-OH is 1. The van der Waals surface area contributed by atoms with Crippen LogP contribution < -0.4 is 28.5 Å². The average Bonchev–Trinajstić information content (AvgIpc) is 2.37. The van der Waals surface area contributed by atoms with E-state index in [-0.39, 0.29) is 24.0 Å². The number of imidazole rings is 1. The molecule has 0 unspecified atom stereocenters. The molecular formula is C8H15IN2O. The van der Waals surface area contributed by atoms with E-state index in [1.165, 1.54) is 0 Å². The first-order chi connectivity index (χ1) is 5.33. The van der Waals surface area contributed by atoms with E-state index in [4.69, 9.17) is 5.11 Å². The van der Waals surface area contributed by atoms with E-state index < -0.39 is 0 Å². The molecule has 3 nitrogen and oxygen atoms in total. The lowest BCUT2D eigenvalue weighted by molar-refractivity contribution is -0.671. The fraction of sp³-hybridized carbons (Fsp3) is 0.625. The zero-order valence-electron chi connectivity index (χ0n) is 7.28. The van der Waals surface area contributed by atoms with Crippen molar-refractivity contribution in [3.63, 3.8) is 0 Å². The van der Waals surface area contributed by atoms with E-state index in [9.17, 15) is 0 Å². The summed E-state index contributed by atoms with van der Waals surface area (Å²) >= 11 is 0. The number of aliphatic hydroxyl groups is 1. The van der Waals surface area contributed by atoms with Gasteiger partial charge in [0.1, 0.15) is 12.4 Å². The summed E-state index contributed by atoms with van der Waals surface area (Å²) in [4.78, 5) is 0. The molecule has 12 heavy (non-hydrogen) atoms. The maximum Gasteiger partial charge on any atom is 0.243 e. The number of aryl methyl sites for hydroxylation is 2. The van der Waals surface area contributed by atoms with Gasteiger partial charge in [0.25, 0.3) is 0 Å². The third kappa shape index (κ3) is 4.06. The van der Waals surface area contributed by atoms with Crippen LogP contribution in [0.4, 0.5) is 0 Å². The first-order valence-electron chi connectivity index (χ1n) is 3.95. The Morgan fingerprint density at radius 1 is 1.42 bits per heavy atom. The molecular weight excluding hydrogens is 267 g/mol. The molecule has 0 spiro atoms. The lowest BCUT2D eigenvalue weighted by Crippen LogP contribution is -3.00. The van der Waals surface area contributed by atoms with Crippen LogP contribution >= 0.6 is 0 Å². The molecule has 0 saturated carbocycles. The fourth-order valence-corrected chi connectivity index (χ4v) is 1.04. The van der Waals surface area contributed by atoms with Gasteiger partial charge in [0.05, 0.1) is 13.6 Å². The fourth-order valence-electron chi connectivity index (χ4n) is 1.04. The number of halogens is 1. The molecule has 0 radical (unpaired) electrons. The van der Waals surface area contributed by atoms with Gasteiger partial charge in [-0.25, -0.2) is 9.13 Å². The largest absolute Gasteiger partial charge is 1.00 e. The SMILES string of the molecule is C[n+]1ccn(CCCCO)c1.[I-]. The maximum atomic E-state index is 8.54. The van der Waals surface area contributed by atoms with Crippen LogP contribution in [0.5, 0.6) is 0 Å². The van der Waals surface area contributed by atoms with Crippen molar-refractivity contribution < 1.29 is 33.7 Å². The smallest absolute Gasteiger partial charge is 0.243 e. The van der Waals surface area contributed by atoms with E-state index in [2.05, 4.69) is 4.57 Å². The molecule has 70 valence electrons. The molecule has 1 heterocycles. The predicted molar refractivity (Wildman–Crippen MR) is 41.9 cm³/mol. The van der Waals surface area contributed by atoms with E-state index in [1.807, 2.05) is 30.3 Å². The lowest BCUT2D eigenvalue weighted by atomic mass is 10.3. The minimum Gasteiger partial charge on any atom is -1.00 e. The van der Waals surface area contributed by atoms with Crippen LogP contribution in [-0.4, -0.2) is 16.3 Å². The van der Waals surface area contributed by atoms with Crippen LogP contribution in [0.25, 0.3) is 0 Å². The second-order valence-electron chi connectivity index (χ2n) is 2.75. The monoisotopic (exact) mass is 282 g/mol. The van der Waals surface area contributed by atoms with Crippen molar-refractivity contribution in [2.45, 2.75) is 19.4 Å². The summed E-state index contributed by atoms with van der Waals surface area (Å²) in [6, 6.07) is 0. The van der Waals surface area contributed by atoms with Gasteiger partial charge < -0.3 is 29.1 Å². The minimum atomic E-state index is 0. The van der Waals surface area contributed by atoms with Gasteiger partial charge in [-0.3, -0.25) is 0 Å². The van der Waals surface area contributed by atoms with Crippen molar-refractivity contribution in [3.05, 3.63) is 18.7 Å². The highest BCUT2D eigenvalue weighted by molar-refractivity contribution is 4.65. The zero-order valence-corrected chi connectivity index (χ0v) is 9.44. The topological polar surface area (TPSA) is 29.0 Å². The molecule has 1 aromatic heterocycles. The first kappa shape index (κ1) is 11.9. The minimum absolute atomic E-state index is 0. The Morgan fingerprint density at radius 3 is 2.67 bits per heavy atom. The Labute approximate surface area is 90.0 Å². The van der Waals surface area contributed by atoms with Gasteiger partial charge in [0.15, 0.2) is 0 Å². The second kappa shape index (κ2) is 6.42. The molecule has 1 N–H and O–H groups in total. The van der Waals surface area contributed by atoms with Gasteiger partial charge in [-0.05, 0) is 12.8 Å². The molecule has 0 aliphatic rings.